The lowest BCUT2D eigenvalue weighted by molar-refractivity contribution is -0.139. The lowest BCUT2D eigenvalue weighted by Crippen LogP contribution is -2.41. The van der Waals surface area contributed by atoms with Crippen LogP contribution in [0.1, 0.15) is 23.8 Å². The van der Waals surface area contributed by atoms with E-state index in [2.05, 4.69) is 10.1 Å². The Hall–Kier alpha value is -1.56. The molecule has 0 aromatic carbocycles. The fourth-order valence-corrected chi connectivity index (χ4v) is 2.98. The normalized spacial score (nSPS) is 18.7. The smallest absolute Gasteiger partial charge is 0.325 e. The second-order valence-electron chi connectivity index (χ2n) is 4.10. The molecule has 1 saturated heterocycles. The quantitative estimate of drug-likeness (QED) is 0.850. The van der Waals surface area contributed by atoms with Gasteiger partial charge in [-0.05, 0) is 24.3 Å². The van der Waals surface area contributed by atoms with Crippen molar-refractivity contribution in [2.75, 3.05) is 20.2 Å². The van der Waals surface area contributed by atoms with Crippen LogP contribution in [0.25, 0.3) is 0 Å². The van der Waals surface area contributed by atoms with E-state index in [1.54, 1.807) is 16.2 Å². The summed E-state index contributed by atoms with van der Waals surface area (Å²) in [6, 6.07) is 3.98. The summed E-state index contributed by atoms with van der Waals surface area (Å²) in [6.07, 6.45) is 1.97. The molecule has 2 heterocycles. The van der Waals surface area contributed by atoms with Gasteiger partial charge in [-0.25, -0.2) is 4.79 Å². The number of carbonyl (C=O) groups excluding carboxylic acids is 2. The van der Waals surface area contributed by atoms with Crippen LogP contribution in [0.5, 0.6) is 0 Å². The number of nitrogens with one attached hydrogen (secondary N) is 1. The molecule has 0 radical (unpaired) electrons. The van der Waals surface area contributed by atoms with Gasteiger partial charge >= 0.3 is 12.0 Å². The third-order valence-electron chi connectivity index (χ3n) is 3.00. The van der Waals surface area contributed by atoms with E-state index in [0.717, 1.165) is 19.4 Å². The van der Waals surface area contributed by atoms with Gasteiger partial charge in [0.15, 0.2) is 0 Å². The molecule has 98 valence electrons. The maximum atomic E-state index is 12.0. The second kappa shape index (κ2) is 5.86. The van der Waals surface area contributed by atoms with Crippen molar-refractivity contribution in [3.63, 3.8) is 0 Å². The summed E-state index contributed by atoms with van der Waals surface area (Å²) in [7, 11) is 1.30. The number of thiophene rings is 1. The number of urea groups is 1. The fraction of sp³-hybridized carbons (Fsp3) is 0.500. The van der Waals surface area contributed by atoms with E-state index < -0.39 is 5.97 Å². The molecular weight excluding hydrogens is 252 g/mol. The Bertz CT molecular complexity index is 419. The van der Waals surface area contributed by atoms with Gasteiger partial charge in [-0.1, -0.05) is 6.07 Å². The van der Waals surface area contributed by atoms with Crippen LogP contribution in [0.4, 0.5) is 4.79 Å². The summed E-state index contributed by atoms with van der Waals surface area (Å²) in [5.74, 6) is -0.435. The highest BCUT2D eigenvalue weighted by Crippen LogP contribution is 2.34. The third kappa shape index (κ3) is 2.81. The average Bonchev–Trinajstić information content (AvgIpc) is 3.04. The molecule has 2 amide bonds. The number of rotatable bonds is 3. The van der Waals surface area contributed by atoms with Crippen LogP contribution in [0, 0.1) is 0 Å². The van der Waals surface area contributed by atoms with Crippen molar-refractivity contribution in [3.8, 4) is 0 Å². The monoisotopic (exact) mass is 268 g/mol. The number of ether oxygens (including phenoxy) is 1. The Morgan fingerprint density at radius 2 is 2.44 bits per heavy atom. The molecule has 2 rings (SSSR count). The highest BCUT2D eigenvalue weighted by atomic mass is 32.1. The number of hydrogen-bond donors (Lipinski definition) is 1. The highest BCUT2D eigenvalue weighted by molar-refractivity contribution is 7.10. The van der Waals surface area contributed by atoms with E-state index >= 15 is 0 Å². The van der Waals surface area contributed by atoms with Crippen LogP contribution in [0.3, 0.4) is 0 Å². The van der Waals surface area contributed by atoms with Crippen LogP contribution in [-0.4, -0.2) is 37.1 Å². The number of amides is 2. The van der Waals surface area contributed by atoms with Gasteiger partial charge in [-0.15, -0.1) is 11.3 Å². The highest BCUT2D eigenvalue weighted by Gasteiger charge is 2.30. The molecule has 5 nitrogen and oxygen atoms in total. The molecule has 0 bridgehead atoms. The fourth-order valence-electron chi connectivity index (χ4n) is 2.11. The van der Waals surface area contributed by atoms with Crippen molar-refractivity contribution < 1.29 is 14.3 Å². The molecule has 1 N–H and O–H groups in total. The number of likely N-dealkylation sites (tertiary alicyclic amines) is 1. The van der Waals surface area contributed by atoms with Crippen molar-refractivity contribution in [2.24, 2.45) is 0 Å². The van der Waals surface area contributed by atoms with Crippen LogP contribution in [-0.2, 0) is 9.53 Å². The van der Waals surface area contributed by atoms with Crippen molar-refractivity contribution in [1.29, 1.82) is 0 Å². The summed E-state index contributed by atoms with van der Waals surface area (Å²) in [5.41, 5.74) is 0. The van der Waals surface area contributed by atoms with Crippen molar-refractivity contribution in [2.45, 2.75) is 18.9 Å². The Labute approximate surface area is 110 Å². The Morgan fingerprint density at radius 3 is 3.11 bits per heavy atom. The number of hydrogen-bond acceptors (Lipinski definition) is 4. The standard InChI is InChI=1S/C12H16N2O3S/c1-17-11(15)8-13-12(16)14-6-2-4-9(14)10-5-3-7-18-10/h3,5,7,9H,2,4,6,8H2,1H3,(H,13,16)/t9-/m0/s1. The Morgan fingerprint density at radius 1 is 1.61 bits per heavy atom. The SMILES string of the molecule is COC(=O)CNC(=O)N1CCC[C@H]1c1cccs1. The van der Waals surface area contributed by atoms with Gasteiger partial charge in [0.25, 0.3) is 0 Å². The molecule has 1 aromatic rings. The molecule has 6 heteroatoms. The number of nitrogens with zero attached hydrogens (tertiary/aromatic N) is 1. The summed E-state index contributed by atoms with van der Waals surface area (Å²) in [5, 5.41) is 4.60. The van der Waals surface area contributed by atoms with Gasteiger partial charge in [-0.2, -0.15) is 0 Å². The van der Waals surface area contributed by atoms with Gasteiger partial charge in [0, 0.05) is 11.4 Å². The maximum Gasteiger partial charge on any atom is 0.325 e. The van der Waals surface area contributed by atoms with E-state index in [4.69, 9.17) is 0 Å². The first-order chi connectivity index (χ1) is 8.72. The van der Waals surface area contributed by atoms with Crippen molar-refractivity contribution in [1.82, 2.24) is 10.2 Å². The molecular formula is C12H16N2O3S. The van der Waals surface area contributed by atoms with Gasteiger partial charge < -0.3 is 15.0 Å². The van der Waals surface area contributed by atoms with E-state index in [-0.39, 0.29) is 18.6 Å². The summed E-state index contributed by atoms with van der Waals surface area (Å²) >= 11 is 1.66. The van der Waals surface area contributed by atoms with Gasteiger partial charge in [0.2, 0.25) is 0 Å². The van der Waals surface area contributed by atoms with Crippen LogP contribution >= 0.6 is 11.3 Å². The Kier molecular flexibility index (Phi) is 4.19. The van der Waals surface area contributed by atoms with Crippen molar-refractivity contribution >= 4 is 23.3 Å². The minimum Gasteiger partial charge on any atom is -0.468 e. The van der Waals surface area contributed by atoms with Gasteiger partial charge in [0.05, 0.1) is 13.2 Å². The van der Waals surface area contributed by atoms with Crippen LogP contribution < -0.4 is 5.32 Å². The first kappa shape index (κ1) is 12.9. The van der Waals surface area contributed by atoms with E-state index in [0.29, 0.717) is 0 Å². The van der Waals surface area contributed by atoms with E-state index in [1.807, 2.05) is 17.5 Å². The van der Waals surface area contributed by atoms with Crippen LogP contribution in [0.15, 0.2) is 17.5 Å². The molecule has 0 saturated carbocycles. The Balaban J connectivity index is 1.95. The molecule has 1 aliphatic heterocycles. The topological polar surface area (TPSA) is 58.6 Å². The first-order valence-corrected chi connectivity index (χ1v) is 6.75. The molecule has 0 spiro atoms. The summed E-state index contributed by atoms with van der Waals surface area (Å²) in [4.78, 5) is 26.0. The third-order valence-corrected chi connectivity index (χ3v) is 3.97. The minimum atomic E-state index is -0.435. The molecule has 0 unspecified atom stereocenters. The van der Waals surface area contributed by atoms with Crippen LogP contribution in [0.2, 0.25) is 0 Å². The maximum absolute atomic E-state index is 12.0. The number of esters is 1. The molecule has 1 aliphatic rings. The summed E-state index contributed by atoms with van der Waals surface area (Å²) in [6.45, 7) is 0.651. The molecule has 1 aromatic heterocycles. The number of methoxy groups -OCH3 is 1. The van der Waals surface area contributed by atoms with E-state index in [1.165, 1.54) is 12.0 Å². The molecule has 18 heavy (non-hydrogen) atoms. The minimum absolute atomic E-state index is 0.0804. The average molecular weight is 268 g/mol. The predicted molar refractivity (Wildman–Crippen MR) is 68.4 cm³/mol. The zero-order valence-corrected chi connectivity index (χ0v) is 11.0. The van der Waals surface area contributed by atoms with Gasteiger partial charge in [0.1, 0.15) is 6.54 Å². The lowest BCUT2D eigenvalue weighted by atomic mass is 10.2. The molecule has 1 atom stereocenters. The van der Waals surface area contributed by atoms with E-state index in [9.17, 15) is 9.59 Å². The zero-order chi connectivity index (χ0) is 13.0. The lowest BCUT2D eigenvalue weighted by Gasteiger charge is -2.23. The molecule has 1 fully saturated rings. The second-order valence-corrected chi connectivity index (χ2v) is 5.08. The predicted octanol–water partition coefficient (Wildman–Crippen LogP) is 1.77. The zero-order valence-electron chi connectivity index (χ0n) is 10.2. The van der Waals surface area contributed by atoms with Crippen molar-refractivity contribution in [3.05, 3.63) is 22.4 Å². The summed E-state index contributed by atoms with van der Waals surface area (Å²) < 4.78 is 4.49. The first-order valence-electron chi connectivity index (χ1n) is 5.87. The van der Waals surface area contributed by atoms with Gasteiger partial charge in [-0.3, -0.25) is 4.79 Å². The number of carbonyl (C=O) groups is 2. The molecule has 0 aliphatic carbocycles. The largest absolute Gasteiger partial charge is 0.468 e.